The minimum absolute atomic E-state index is 0.0343. The van der Waals surface area contributed by atoms with Gasteiger partial charge in [0.05, 0.1) is 11.4 Å². The van der Waals surface area contributed by atoms with Gasteiger partial charge in [-0.1, -0.05) is 17.3 Å². The number of nitrogens with zero attached hydrogens (tertiary/aromatic N) is 4. The average molecular weight is 316 g/mol. The standard InChI is InChI=1S/C16H20N4O3/c1-11-6-4-7-13(10-11)20-12(2)15(17-18-20)16(23)19(3)9-5-8-14(21)22/h4,6-7,10H,5,8-9H2,1-3H3,(H,21,22). The Balaban J connectivity index is 2.15. The van der Waals surface area contributed by atoms with Crippen LogP contribution >= 0.6 is 0 Å². The van der Waals surface area contributed by atoms with E-state index in [2.05, 4.69) is 10.3 Å². The SMILES string of the molecule is Cc1cccc(-n2nnc(C(=O)N(C)CCCC(=O)O)c2C)c1. The van der Waals surface area contributed by atoms with Gasteiger partial charge in [0.1, 0.15) is 0 Å². The number of aliphatic carboxylic acids is 1. The summed E-state index contributed by atoms with van der Waals surface area (Å²) in [5.41, 5.74) is 2.88. The Morgan fingerprint density at radius 2 is 2.04 bits per heavy atom. The van der Waals surface area contributed by atoms with Gasteiger partial charge in [-0.15, -0.1) is 5.10 Å². The maximum Gasteiger partial charge on any atom is 0.303 e. The Bertz CT molecular complexity index is 724. The van der Waals surface area contributed by atoms with Gasteiger partial charge in [0, 0.05) is 20.0 Å². The van der Waals surface area contributed by atoms with E-state index in [1.54, 1.807) is 18.7 Å². The molecule has 0 atom stereocenters. The second kappa shape index (κ2) is 7.04. The fourth-order valence-electron chi connectivity index (χ4n) is 2.28. The summed E-state index contributed by atoms with van der Waals surface area (Å²) in [4.78, 5) is 24.4. The molecule has 23 heavy (non-hydrogen) atoms. The van der Waals surface area contributed by atoms with Crippen molar-refractivity contribution in [1.82, 2.24) is 19.9 Å². The largest absolute Gasteiger partial charge is 0.481 e. The Hall–Kier alpha value is -2.70. The third-order valence-electron chi connectivity index (χ3n) is 3.57. The van der Waals surface area contributed by atoms with Gasteiger partial charge in [-0.05, 0) is 38.0 Å². The predicted octanol–water partition coefficient (Wildman–Crippen LogP) is 1.82. The van der Waals surface area contributed by atoms with Crippen molar-refractivity contribution in [3.63, 3.8) is 0 Å². The van der Waals surface area contributed by atoms with Gasteiger partial charge in [-0.25, -0.2) is 4.68 Å². The summed E-state index contributed by atoms with van der Waals surface area (Å²) in [6, 6.07) is 7.77. The van der Waals surface area contributed by atoms with E-state index < -0.39 is 5.97 Å². The number of rotatable bonds is 6. The molecule has 1 aromatic heterocycles. The molecule has 0 saturated carbocycles. The Morgan fingerprint density at radius 1 is 1.30 bits per heavy atom. The Kier molecular flexibility index (Phi) is 5.10. The van der Waals surface area contributed by atoms with Crippen LogP contribution in [0.3, 0.4) is 0 Å². The van der Waals surface area contributed by atoms with Crippen LogP contribution in [-0.4, -0.2) is 50.5 Å². The summed E-state index contributed by atoms with van der Waals surface area (Å²) in [5.74, 6) is -1.13. The van der Waals surface area contributed by atoms with Crippen molar-refractivity contribution in [1.29, 1.82) is 0 Å². The van der Waals surface area contributed by atoms with E-state index >= 15 is 0 Å². The highest BCUT2D eigenvalue weighted by molar-refractivity contribution is 5.93. The molecule has 7 heteroatoms. The predicted molar refractivity (Wildman–Crippen MR) is 84.7 cm³/mol. The van der Waals surface area contributed by atoms with Gasteiger partial charge >= 0.3 is 5.97 Å². The second-order valence-corrected chi connectivity index (χ2v) is 5.50. The van der Waals surface area contributed by atoms with E-state index in [0.717, 1.165) is 11.3 Å². The van der Waals surface area contributed by atoms with Gasteiger partial charge in [-0.3, -0.25) is 9.59 Å². The molecule has 0 radical (unpaired) electrons. The number of aromatic nitrogens is 3. The third-order valence-corrected chi connectivity index (χ3v) is 3.57. The molecule has 1 N–H and O–H groups in total. The number of hydrogen-bond donors (Lipinski definition) is 1. The lowest BCUT2D eigenvalue weighted by atomic mass is 10.2. The molecular weight excluding hydrogens is 296 g/mol. The minimum Gasteiger partial charge on any atom is -0.481 e. The van der Waals surface area contributed by atoms with Crippen LogP contribution in [-0.2, 0) is 4.79 Å². The van der Waals surface area contributed by atoms with Crippen LogP contribution < -0.4 is 0 Å². The topological polar surface area (TPSA) is 88.3 Å². The molecule has 1 amide bonds. The Morgan fingerprint density at radius 3 is 2.70 bits per heavy atom. The monoisotopic (exact) mass is 316 g/mol. The molecule has 0 aliphatic heterocycles. The number of carboxylic acid groups (broad SMARTS) is 1. The summed E-state index contributed by atoms with van der Waals surface area (Å²) in [6.07, 6.45) is 0.440. The van der Waals surface area contributed by atoms with Crippen molar-refractivity contribution in [2.24, 2.45) is 0 Å². The van der Waals surface area contributed by atoms with E-state index in [1.165, 1.54) is 4.90 Å². The van der Waals surface area contributed by atoms with Gasteiger partial charge in [0.25, 0.3) is 5.91 Å². The second-order valence-electron chi connectivity index (χ2n) is 5.50. The zero-order valence-electron chi connectivity index (χ0n) is 13.5. The molecule has 2 rings (SSSR count). The molecule has 1 heterocycles. The van der Waals surface area contributed by atoms with Gasteiger partial charge in [0.15, 0.2) is 5.69 Å². The summed E-state index contributed by atoms with van der Waals surface area (Å²) in [7, 11) is 1.63. The summed E-state index contributed by atoms with van der Waals surface area (Å²) in [6.45, 7) is 4.14. The maximum atomic E-state index is 12.4. The molecular formula is C16H20N4O3. The molecule has 0 spiro atoms. The van der Waals surface area contributed by atoms with E-state index in [0.29, 0.717) is 18.7 Å². The van der Waals surface area contributed by atoms with Crippen LogP contribution in [0.15, 0.2) is 24.3 Å². The van der Waals surface area contributed by atoms with E-state index in [4.69, 9.17) is 5.11 Å². The highest BCUT2D eigenvalue weighted by atomic mass is 16.4. The van der Waals surface area contributed by atoms with Crippen LogP contribution in [0.2, 0.25) is 0 Å². The van der Waals surface area contributed by atoms with Gasteiger partial charge < -0.3 is 10.0 Å². The molecule has 0 unspecified atom stereocenters. The van der Waals surface area contributed by atoms with Crippen LogP contribution in [0.4, 0.5) is 0 Å². The molecule has 0 saturated heterocycles. The lowest BCUT2D eigenvalue weighted by molar-refractivity contribution is -0.137. The zero-order valence-corrected chi connectivity index (χ0v) is 13.5. The zero-order chi connectivity index (χ0) is 17.0. The Labute approximate surface area is 134 Å². The first-order valence-electron chi connectivity index (χ1n) is 7.36. The number of hydrogen-bond acceptors (Lipinski definition) is 4. The molecule has 0 aliphatic carbocycles. The highest BCUT2D eigenvalue weighted by Gasteiger charge is 2.20. The molecule has 0 fully saturated rings. The lowest BCUT2D eigenvalue weighted by Crippen LogP contribution is -2.29. The average Bonchev–Trinajstić information content (AvgIpc) is 2.87. The van der Waals surface area contributed by atoms with E-state index in [9.17, 15) is 9.59 Å². The van der Waals surface area contributed by atoms with Crippen molar-refractivity contribution in [3.8, 4) is 5.69 Å². The van der Waals surface area contributed by atoms with E-state index in [-0.39, 0.29) is 18.0 Å². The first kappa shape index (κ1) is 16.7. The van der Waals surface area contributed by atoms with Crippen molar-refractivity contribution in [2.45, 2.75) is 26.7 Å². The van der Waals surface area contributed by atoms with Gasteiger partial charge in [-0.2, -0.15) is 0 Å². The number of amides is 1. The maximum absolute atomic E-state index is 12.4. The molecule has 0 bridgehead atoms. The summed E-state index contributed by atoms with van der Waals surface area (Å²) in [5, 5.41) is 16.7. The third kappa shape index (κ3) is 3.94. The highest BCUT2D eigenvalue weighted by Crippen LogP contribution is 2.14. The van der Waals surface area contributed by atoms with Crippen LogP contribution in [0, 0.1) is 13.8 Å². The van der Waals surface area contributed by atoms with Crippen molar-refractivity contribution >= 4 is 11.9 Å². The number of carbonyl (C=O) groups is 2. The number of carbonyl (C=O) groups excluding carboxylic acids is 1. The summed E-state index contributed by atoms with van der Waals surface area (Å²) >= 11 is 0. The van der Waals surface area contributed by atoms with E-state index in [1.807, 2.05) is 31.2 Å². The smallest absolute Gasteiger partial charge is 0.303 e. The lowest BCUT2D eigenvalue weighted by Gasteiger charge is -2.15. The molecule has 122 valence electrons. The minimum atomic E-state index is -0.868. The molecule has 7 nitrogen and oxygen atoms in total. The molecule has 2 aromatic rings. The molecule has 0 aliphatic rings. The first-order valence-corrected chi connectivity index (χ1v) is 7.36. The quantitative estimate of drug-likeness (QED) is 0.878. The van der Waals surface area contributed by atoms with Crippen LogP contribution in [0.5, 0.6) is 0 Å². The normalized spacial score (nSPS) is 10.6. The molecule has 1 aromatic carbocycles. The fraction of sp³-hybridized carbons (Fsp3) is 0.375. The first-order chi connectivity index (χ1) is 10.9. The fourth-order valence-corrected chi connectivity index (χ4v) is 2.28. The summed E-state index contributed by atoms with van der Waals surface area (Å²) < 4.78 is 1.63. The van der Waals surface area contributed by atoms with Crippen LogP contribution in [0.25, 0.3) is 5.69 Å². The number of benzene rings is 1. The number of carboxylic acids is 1. The van der Waals surface area contributed by atoms with Crippen molar-refractivity contribution in [3.05, 3.63) is 41.2 Å². The van der Waals surface area contributed by atoms with Crippen LogP contribution in [0.1, 0.15) is 34.6 Å². The number of aryl methyl sites for hydroxylation is 1. The van der Waals surface area contributed by atoms with Crippen molar-refractivity contribution in [2.75, 3.05) is 13.6 Å². The van der Waals surface area contributed by atoms with Gasteiger partial charge in [0.2, 0.25) is 0 Å². The van der Waals surface area contributed by atoms with Crippen molar-refractivity contribution < 1.29 is 14.7 Å².